The predicted molar refractivity (Wildman–Crippen MR) is 95.8 cm³/mol. The topological polar surface area (TPSA) is 97.1 Å². The SMILES string of the molecule is CC(=O)Nc1ccc(NC(=O)c2cnc(-c3c(C)noc3C)s2)cc1. The lowest BCUT2D eigenvalue weighted by atomic mass is 10.2. The molecule has 0 radical (unpaired) electrons. The number of nitrogens with one attached hydrogen (secondary N) is 2. The van der Waals surface area contributed by atoms with Gasteiger partial charge in [0.2, 0.25) is 5.91 Å². The van der Waals surface area contributed by atoms with E-state index in [-0.39, 0.29) is 11.8 Å². The third-order valence-corrected chi connectivity index (χ3v) is 4.45. The zero-order chi connectivity index (χ0) is 18.0. The standard InChI is InChI=1S/C17H16N4O3S/c1-9-15(10(2)24-21-9)17-18-8-14(25-17)16(23)20-13-6-4-12(5-7-13)19-11(3)22/h4-8H,1-3H3,(H,19,22)(H,20,23). The molecule has 1 aromatic carbocycles. The van der Waals surface area contributed by atoms with Crippen LogP contribution in [0.3, 0.4) is 0 Å². The maximum absolute atomic E-state index is 12.4. The largest absolute Gasteiger partial charge is 0.361 e. The van der Waals surface area contributed by atoms with Gasteiger partial charge in [0, 0.05) is 18.3 Å². The minimum absolute atomic E-state index is 0.145. The van der Waals surface area contributed by atoms with E-state index in [2.05, 4.69) is 20.8 Å². The highest BCUT2D eigenvalue weighted by Gasteiger charge is 2.18. The average molecular weight is 356 g/mol. The van der Waals surface area contributed by atoms with Crippen LogP contribution in [0.4, 0.5) is 11.4 Å². The fourth-order valence-corrected chi connectivity index (χ4v) is 3.27. The van der Waals surface area contributed by atoms with Gasteiger partial charge in [0.05, 0.1) is 17.5 Å². The predicted octanol–water partition coefficient (Wildman–Crippen LogP) is 3.63. The molecule has 25 heavy (non-hydrogen) atoms. The molecular formula is C17H16N4O3S. The Morgan fingerprint density at radius 2 is 1.72 bits per heavy atom. The molecule has 0 fully saturated rings. The number of aromatic nitrogens is 2. The molecule has 2 amide bonds. The van der Waals surface area contributed by atoms with E-state index in [0.717, 1.165) is 11.3 Å². The Bertz CT molecular complexity index is 908. The van der Waals surface area contributed by atoms with Gasteiger partial charge in [-0.15, -0.1) is 11.3 Å². The van der Waals surface area contributed by atoms with Crippen molar-refractivity contribution in [1.82, 2.24) is 10.1 Å². The summed E-state index contributed by atoms with van der Waals surface area (Å²) in [7, 11) is 0. The molecule has 2 aromatic heterocycles. The van der Waals surface area contributed by atoms with Crippen LogP contribution in [0.1, 0.15) is 28.0 Å². The Balaban J connectivity index is 1.73. The van der Waals surface area contributed by atoms with Crippen LogP contribution in [-0.4, -0.2) is 22.0 Å². The van der Waals surface area contributed by atoms with Gasteiger partial charge in [-0.25, -0.2) is 4.98 Å². The molecule has 2 N–H and O–H groups in total. The molecule has 0 aliphatic heterocycles. The van der Waals surface area contributed by atoms with E-state index in [9.17, 15) is 9.59 Å². The lowest BCUT2D eigenvalue weighted by Crippen LogP contribution is -2.10. The molecule has 3 rings (SSSR count). The van der Waals surface area contributed by atoms with Gasteiger partial charge in [-0.05, 0) is 38.1 Å². The molecule has 7 nitrogen and oxygen atoms in total. The Labute approximate surface area is 148 Å². The summed E-state index contributed by atoms with van der Waals surface area (Å²) in [6.07, 6.45) is 1.53. The molecule has 8 heteroatoms. The Kier molecular flexibility index (Phi) is 4.62. The van der Waals surface area contributed by atoms with E-state index < -0.39 is 0 Å². The van der Waals surface area contributed by atoms with Crippen molar-refractivity contribution in [2.75, 3.05) is 10.6 Å². The monoisotopic (exact) mass is 356 g/mol. The third kappa shape index (κ3) is 3.74. The van der Waals surface area contributed by atoms with Crippen LogP contribution in [-0.2, 0) is 4.79 Å². The smallest absolute Gasteiger partial charge is 0.267 e. The van der Waals surface area contributed by atoms with E-state index >= 15 is 0 Å². The summed E-state index contributed by atoms with van der Waals surface area (Å²) in [5, 5.41) is 10.1. The minimum atomic E-state index is -0.247. The van der Waals surface area contributed by atoms with Crippen molar-refractivity contribution < 1.29 is 14.1 Å². The molecule has 0 aliphatic carbocycles. The zero-order valence-corrected chi connectivity index (χ0v) is 14.7. The number of amides is 2. The van der Waals surface area contributed by atoms with E-state index in [1.165, 1.54) is 24.5 Å². The molecule has 0 saturated carbocycles. The highest BCUT2D eigenvalue weighted by atomic mass is 32.1. The number of rotatable bonds is 4. The molecule has 0 spiro atoms. The number of benzene rings is 1. The fourth-order valence-electron chi connectivity index (χ4n) is 2.32. The lowest BCUT2D eigenvalue weighted by Gasteiger charge is -2.05. The van der Waals surface area contributed by atoms with Crippen LogP contribution in [0.25, 0.3) is 10.6 Å². The minimum Gasteiger partial charge on any atom is -0.361 e. The van der Waals surface area contributed by atoms with Crippen LogP contribution >= 0.6 is 11.3 Å². The maximum Gasteiger partial charge on any atom is 0.267 e. The number of carbonyl (C=O) groups excluding carboxylic acids is 2. The molecule has 128 valence electrons. The van der Waals surface area contributed by atoms with Gasteiger partial charge in [-0.1, -0.05) is 5.16 Å². The van der Waals surface area contributed by atoms with Gasteiger partial charge in [-0.2, -0.15) is 0 Å². The van der Waals surface area contributed by atoms with Crippen LogP contribution < -0.4 is 10.6 Å². The second-order valence-corrected chi connectivity index (χ2v) is 6.47. The third-order valence-electron chi connectivity index (χ3n) is 3.44. The van der Waals surface area contributed by atoms with Gasteiger partial charge >= 0.3 is 0 Å². The van der Waals surface area contributed by atoms with Crippen LogP contribution in [0.15, 0.2) is 35.0 Å². The van der Waals surface area contributed by atoms with Crippen LogP contribution in [0.5, 0.6) is 0 Å². The lowest BCUT2D eigenvalue weighted by molar-refractivity contribution is -0.114. The summed E-state index contributed by atoms with van der Waals surface area (Å²) in [5.74, 6) is 0.281. The molecule has 0 unspecified atom stereocenters. The van der Waals surface area contributed by atoms with Gasteiger partial charge in [0.25, 0.3) is 5.91 Å². The van der Waals surface area contributed by atoms with E-state index in [0.29, 0.717) is 27.0 Å². The number of carbonyl (C=O) groups is 2. The number of hydrogen-bond acceptors (Lipinski definition) is 6. The summed E-state index contributed by atoms with van der Waals surface area (Å²) >= 11 is 1.28. The highest BCUT2D eigenvalue weighted by molar-refractivity contribution is 7.17. The molecule has 2 heterocycles. The summed E-state index contributed by atoms with van der Waals surface area (Å²) in [5.41, 5.74) is 2.87. The Morgan fingerprint density at radius 3 is 2.28 bits per heavy atom. The second-order valence-electron chi connectivity index (χ2n) is 5.44. The van der Waals surface area contributed by atoms with Crippen molar-refractivity contribution in [3.8, 4) is 10.6 Å². The van der Waals surface area contributed by atoms with Gasteiger partial charge in [0.1, 0.15) is 15.6 Å². The van der Waals surface area contributed by atoms with Crippen LogP contribution in [0, 0.1) is 13.8 Å². The normalized spacial score (nSPS) is 10.5. The van der Waals surface area contributed by atoms with E-state index in [1.807, 2.05) is 13.8 Å². The number of anilines is 2. The van der Waals surface area contributed by atoms with Crippen molar-refractivity contribution in [3.63, 3.8) is 0 Å². The van der Waals surface area contributed by atoms with Gasteiger partial charge in [0.15, 0.2) is 0 Å². The highest BCUT2D eigenvalue weighted by Crippen LogP contribution is 2.30. The Morgan fingerprint density at radius 1 is 1.08 bits per heavy atom. The average Bonchev–Trinajstić information content (AvgIpc) is 3.15. The number of thiazole rings is 1. The van der Waals surface area contributed by atoms with Crippen molar-refractivity contribution in [2.45, 2.75) is 20.8 Å². The van der Waals surface area contributed by atoms with Crippen molar-refractivity contribution in [3.05, 3.63) is 46.8 Å². The molecule has 0 saturated heterocycles. The molecule has 3 aromatic rings. The first-order valence-corrected chi connectivity index (χ1v) is 8.34. The number of aryl methyl sites for hydroxylation is 2. The quantitative estimate of drug-likeness (QED) is 0.744. The summed E-state index contributed by atoms with van der Waals surface area (Å²) in [6, 6.07) is 6.89. The van der Waals surface area contributed by atoms with E-state index in [1.54, 1.807) is 24.3 Å². The fraction of sp³-hybridized carbons (Fsp3) is 0.176. The van der Waals surface area contributed by atoms with Crippen molar-refractivity contribution in [2.24, 2.45) is 0 Å². The van der Waals surface area contributed by atoms with Gasteiger partial charge < -0.3 is 15.2 Å². The summed E-state index contributed by atoms with van der Waals surface area (Å²) < 4.78 is 5.14. The number of hydrogen-bond donors (Lipinski definition) is 2. The zero-order valence-electron chi connectivity index (χ0n) is 13.9. The summed E-state index contributed by atoms with van der Waals surface area (Å²) in [4.78, 5) is 28.2. The van der Waals surface area contributed by atoms with E-state index in [4.69, 9.17) is 4.52 Å². The first-order valence-electron chi connectivity index (χ1n) is 7.52. The Hall–Kier alpha value is -3.00. The first-order chi connectivity index (χ1) is 11.9. The van der Waals surface area contributed by atoms with Crippen LogP contribution in [0.2, 0.25) is 0 Å². The second kappa shape index (κ2) is 6.86. The maximum atomic E-state index is 12.4. The molecule has 0 bridgehead atoms. The molecular weight excluding hydrogens is 340 g/mol. The van der Waals surface area contributed by atoms with Gasteiger partial charge in [-0.3, -0.25) is 9.59 Å². The molecule has 0 aliphatic rings. The van der Waals surface area contributed by atoms with Crippen molar-refractivity contribution >= 4 is 34.5 Å². The first kappa shape index (κ1) is 16.8. The molecule has 0 atom stereocenters. The summed E-state index contributed by atoms with van der Waals surface area (Å²) in [6.45, 7) is 5.09. The number of nitrogens with zero attached hydrogens (tertiary/aromatic N) is 2. The van der Waals surface area contributed by atoms with Crippen molar-refractivity contribution in [1.29, 1.82) is 0 Å².